The Morgan fingerprint density at radius 3 is 2.76 bits per heavy atom. The number of nitriles is 1. The molecular formula is C25H19N5O6S2. The molecule has 38 heavy (non-hydrogen) atoms. The molecule has 4 rings (SSSR count). The van der Waals surface area contributed by atoms with E-state index in [0.29, 0.717) is 22.4 Å². The Balaban J connectivity index is 1.38. The van der Waals surface area contributed by atoms with E-state index >= 15 is 0 Å². The molecule has 0 spiro atoms. The molecule has 0 saturated heterocycles. The first kappa shape index (κ1) is 26.4. The molecule has 0 fully saturated rings. The zero-order valence-electron chi connectivity index (χ0n) is 19.8. The largest absolute Gasteiger partial charge is 0.497 e. The SMILES string of the molecule is COc1ccc(-c2ccc(/C=C(/C#N)C(=O)Nc3nnc(SCCOc4ccccc4)s3)o2)c([N+](=O)[O-])c1. The smallest absolute Gasteiger partial charge is 0.284 e. The van der Waals surface area contributed by atoms with Gasteiger partial charge in [-0.25, -0.2) is 0 Å². The Morgan fingerprint density at radius 1 is 1.21 bits per heavy atom. The van der Waals surface area contributed by atoms with Crippen LogP contribution in [0.4, 0.5) is 10.8 Å². The number of methoxy groups -OCH3 is 1. The fourth-order valence-corrected chi connectivity index (χ4v) is 4.79. The van der Waals surface area contributed by atoms with E-state index in [4.69, 9.17) is 13.9 Å². The summed E-state index contributed by atoms with van der Waals surface area (Å²) in [4.78, 5) is 23.6. The number of nitro groups is 1. The van der Waals surface area contributed by atoms with Crippen LogP contribution in [0.25, 0.3) is 17.4 Å². The van der Waals surface area contributed by atoms with Crippen molar-refractivity contribution in [1.29, 1.82) is 5.26 Å². The van der Waals surface area contributed by atoms with Gasteiger partial charge in [0, 0.05) is 11.8 Å². The van der Waals surface area contributed by atoms with Gasteiger partial charge in [0.15, 0.2) is 4.34 Å². The van der Waals surface area contributed by atoms with Crippen LogP contribution in [0.1, 0.15) is 5.76 Å². The van der Waals surface area contributed by atoms with Crippen LogP contribution in [0.2, 0.25) is 0 Å². The van der Waals surface area contributed by atoms with Gasteiger partial charge >= 0.3 is 0 Å². The van der Waals surface area contributed by atoms with Crippen molar-refractivity contribution in [3.8, 4) is 28.9 Å². The van der Waals surface area contributed by atoms with Crippen molar-refractivity contribution in [3.05, 3.63) is 82.1 Å². The number of para-hydroxylation sites is 1. The fraction of sp³-hybridized carbons (Fsp3) is 0.120. The number of carbonyl (C=O) groups excluding carboxylic acids is 1. The van der Waals surface area contributed by atoms with Crippen LogP contribution in [-0.4, -0.2) is 40.5 Å². The molecule has 0 atom stereocenters. The molecule has 2 heterocycles. The lowest BCUT2D eigenvalue weighted by molar-refractivity contribution is -0.384. The molecule has 13 heteroatoms. The molecule has 192 valence electrons. The van der Waals surface area contributed by atoms with Crippen LogP contribution in [0.5, 0.6) is 11.5 Å². The fourth-order valence-electron chi connectivity index (χ4n) is 3.15. The Kier molecular flexibility index (Phi) is 8.70. The summed E-state index contributed by atoms with van der Waals surface area (Å²) in [5.74, 6) is 1.41. The minimum Gasteiger partial charge on any atom is -0.497 e. The second-order valence-corrected chi connectivity index (χ2v) is 9.67. The number of anilines is 1. The third-order valence-electron chi connectivity index (χ3n) is 4.89. The standard InChI is InChI=1S/C25H19N5O6S2/c1-34-18-7-9-20(21(14-18)30(32)33)22-10-8-19(36-22)13-16(15-26)23(31)27-24-28-29-25(38-24)37-12-11-35-17-5-3-2-4-6-17/h2-10,13-14H,11-12H2,1H3,(H,27,28,31)/b16-13-. The maximum atomic E-state index is 12.6. The number of nitro benzene ring substituents is 1. The topological polar surface area (TPSA) is 153 Å². The van der Waals surface area contributed by atoms with Crippen molar-refractivity contribution < 1.29 is 23.6 Å². The zero-order valence-corrected chi connectivity index (χ0v) is 21.5. The maximum absolute atomic E-state index is 12.6. The predicted molar refractivity (Wildman–Crippen MR) is 142 cm³/mol. The average Bonchev–Trinajstić information content (AvgIpc) is 3.59. The summed E-state index contributed by atoms with van der Waals surface area (Å²) >= 11 is 2.60. The zero-order chi connectivity index (χ0) is 26.9. The first-order chi connectivity index (χ1) is 18.5. The van der Waals surface area contributed by atoms with Crippen LogP contribution < -0.4 is 14.8 Å². The molecule has 11 nitrogen and oxygen atoms in total. The van der Waals surface area contributed by atoms with Crippen molar-refractivity contribution in [2.75, 3.05) is 24.8 Å². The van der Waals surface area contributed by atoms with E-state index in [-0.39, 0.29) is 33.5 Å². The van der Waals surface area contributed by atoms with Crippen LogP contribution in [0, 0.1) is 21.4 Å². The van der Waals surface area contributed by atoms with Crippen molar-refractivity contribution in [1.82, 2.24) is 10.2 Å². The highest BCUT2D eigenvalue weighted by molar-refractivity contribution is 8.01. The molecule has 0 radical (unpaired) electrons. The van der Waals surface area contributed by atoms with Gasteiger partial charge in [0.05, 0.1) is 30.3 Å². The van der Waals surface area contributed by atoms with Crippen molar-refractivity contribution in [2.24, 2.45) is 0 Å². The molecule has 0 aliphatic rings. The Bertz CT molecular complexity index is 1510. The monoisotopic (exact) mass is 549 g/mol. The van der Waals surface area contributed by atoms with E-state index in [2.05, 4.69) is 15.5 Å². The highest BCUT2D eigenvalue weighted by Gasteiger charge is 2.20. The third-order valence-corrected chi connectivity index (χ3v) is 6.83. The first-order valence-corrected chi connectivity index (χ1v) is 12.8. The summed E-state index contributed by atoms with van der Waals surface area (Å²) in [7, 11) is 1.41. The van der Waals surface area contributed by atoms with E-state index in [1.165, 1.54) is 60.5 Å². The van der Waals surface area contributed by atoms with E-state index in [1.54, 1.807) is 6.07 Å². The van der Waals surface area contributed by atoms with Gasteiger partial charge in [0.25, 0.3) is 11.6 Å². The lowest BCUT2D eigenvalue weighted by Gasteiger charge is -2.03. The molecule has 0 saturated carbocycles. The average molecular weight is 550 g/mol. The highest BCUT2D eigenvalue weighted by atomic mass is 32.2. The summed E-state index contributed by atoms with van der Waals surface area (Å²) in [6, 6.07) is 18.6. The van der Waals surface area contributed by atoms with Gasteiger partial charge in [-0.05, 0) is 36.4 Å². The second-order valence-electron chi connectivity index (χ2n) is 7.35. The summed E-state index contributed by atoms with van der Waals surface area (Å²) in [6.45, 7) is 0.474. The van der Waals surface area contributed by atoms with Gasteiger partial charge in [0.2, 0.25) is 5.13 Å². The number of hydrogen-bond donors (Lipinski definition) is 1. The van der Waals surface area contributed by atoms with Crippen molar-refractivity contribution in [2.45, 2.75) is 4.34 Å². The summed E-state index contributed by atoms with van der Waals surface area (Å²) in [5.41, 5.74) is -0.216. The lowest BCUT2D eigenvalue weighted by Crippen LogP contribution is -2.13. The highest BCUT2D eigenvalue weighted by Crippen LogP contribution is 2.34. The minimum absolute atomic E-state index is 0.170. The van der Waals surface area contributed by atoms with Crippen LogP contribution in [-0.2, 0) is 4.79 Å². The van der Waals surface area contributed by atoms with Crippen LogP contribution in [0.3, 0.4) is 0 Å². The number of carbonyl (C=O) groups is 1. The Morgan fingerprint density at radius 2 is 2.03 bits per heavy atom. The number of amides is 1. The predicted octanol–water partition coefficient (Wildman–Crippen LogP) is 5.43. The van der Waals surface area contributed by atoms with Crippen molar-refractivity contribution >= 4 is 45.9 Å². The molecule has 0 aliphatic heterocycles. The number of nitrogens with zero attached hydrogens (tertiary/aromatic N) is 4. The van der Waals surface area contributed by atoms with E-state index in [0.717, 1.165) is 5.75 Å². The quantitative estimate of drug-likeness (QED) is 0.0487. The summed E-state index contributed by atoms with van der Waals surface area (Å²) in [6.07, 6.45) is 1.24. The number of furan rings is 1. The molecule has 0 aliphatic carbocycles. The molecular weight excluding hydrogens is 530 g/mol. The van der Waals surface area contributed by atoms with Gasteiger partial charge in [-0.15, -0.1) is 10.2 Å². The van der Waals surface area contributed by atoms with E-state index < -0.39 is 10.8 Å². The molecule has 0 unspecified atom stereocenters. The second kappa shape index (κ2) is 12.5. The van der Waals surface area contributed by atoms with Crippen LogP contribution >= 0.6 is 23.1 Å². The Labute approximate surface area is 224 Å². The Hall–Kier alpha value is -4.67. The number of rotatable bonds is 11. The number of benzene rings is 2. The summed E-state index contributed by atoms with van der Waals surface area (Å²) < 4.78 is 17.0. The van der Waals surface area contributed by atoms with E-state index in [9.17, 15) is 20.2 Å². The van der Waals surface area contributed by atoms with Gasteiger partial charge in [0.1, 0.15) is 34.7 Å². The van der Waals surface area contributed by atoms with Gasteiger partial charge in [-0.1, -0.05) is 41.3 Å². The molecule has 2 aromatic heterocycles. The number of ether oxygens (including phenoxy) is 2. The lowest BCUT2D eigenvalue weighted by atomic mass is 10.1. The molecule has 1 amide bonds. The molecule has 0 bridgehead atoms. The number of thioether (sulfide) groups is 1. The number of hydrogen-bond acceptors (Lipinski definition) is 11. The first-order valence-electron chi connectivity index (χ1n) is 11.0. The normalized spacial score (nSPS) is 11.0. The summed E-state index contributed by atoms with van der Waals surface area (Å²) in [5, 5.41) is 31.7. The van der Waals surface area contributed by atoms with Crippen LogP contribution in [0.15, 0.2) is 75.0 Å². The molecule has 4 aromatic rings. The van der Waals surface area contributed by atoms with E-state index in [1.807, 2.05) is 36.4 Å². The number of aromatic nitrogens is 2. The molecule has 2 aromatic carbocycles. The van der Waals surface area contributed by atoms with Crippen molar-refractivity contribution in [3.63, 3.8) is 0 Å². The maximum Gasteiger partial charge on any atom is 0.284 e. The number of nitrogens with one attached hydrogen (secondary N) is 1. The van der Waals surface area contributed by atoms with Gasteiger partial charge < -0.3 is 13.9 Å². The minimum atomic E-state index is -0.694. The van der Waals surface area contributed by atoms with Gasteiger partial charge in [-0.3, -0.25) is 20.2 Å². The molecule has 1 N–H and O–H groups in total. The third kappa shape index (κ3) is 6.75. The van der Waals surface area contributed by atoms with Gasteiger partial charge in [-0.2, -0.15) is 5.26 Å².